The van der Waals surface area contributed by atoms with Gasteiger partial charge in [0.15, 0.2) is 5.25 Å². The van der Waals surface area contributed by atoms with E-state index in [2.05, 4.69) is 0 Å². The van der Waals surface area contributed by atoms with E-state index in [1.54, 1.807) is 4.90 Å². The van der Waals surface area contributed by atoms with Crippen molar-refractivity contribution < 1.29 is 22.9 Å². The van der Waals surface area contributed by atoms with Crippen LogP contribution in [-0.2, 0) is 14.9 Å². The quantitative estimate of drug-likeness (QED) is 0.585. The first kappa shape index (κ1) is 17.3. The van der Waals surface area contributed by atoms with Gasteiger partial charge in [0.25, 0.3) is 10.1 Å². The average Bonchev–Trinajstić information content (AvgIpc) is 2.25. The second-order valence-electron chi connectivity index (χ2n) is 4.35. The van der Waals surface area contributed by atoms with Gasteiger partial charge in [0.05, 0.1) is 0 Å². The summed E-state index contributed by atoms with van der Waals surface area (Å²) in [7, 11) is -4.55. The van der Waals surface area contributed by atoms with Gasteiger partial charge in [-0.3, -0.25) is 9.35 Å². The highest BCUT2D eigenvalue weighted by atomic mass is 32.2. The minimum absolute atomic E-state index is 0.159. The second kappa shape index (κ2) is 8.44. The molecule has 0 radical (unpaired) electrons. The van der Waals surface area contributed by atoms with Crippen LogP contribution in [0.1, 0.15) is 39.5 Å². The molecule has 0 aromatic rings. The van der Waals surface area contributed by atoms with Crippen molar-refractivity contribution in [3.63, 3.8) is 0 Å². The number of carboxylic acid groups (broad SMARTS) is 1. The smallest absolute Gasteiger partial charge is 0.325 e. The van der Waals surface area contributed by atoms with E-state index in [1.807, 2.05) is 13.8 Å². The number of hydrogen-bond acceptors (Lipinski definition) is 4. The Morgan fingerprint density at radius 1 is 1.17 bits per heavy atom. The van der Waals surface area contributed by atoms with Gasteiger partial charge in [0.1, 0.15) is 0 Å². The van der Waals surface area contributed by atoms with E-state index in [4.69, 9.17) is 9.66 Å². The summed E-state index contributed by atoms with van der Waals surface area (Å²) in [5.41, 5.74) is 0. The molecule has 0 aromatic heterocycles. The Kier molecular flexibility index (Phi) is 8.13. The fourth-order valence-electron chi connectivity index (χ4n) is 1.59. The van der Waals surface area contributed by atoms with Crippen LogP contribution in [0.5, 0.6) is 0 Å². The third-order valence-electron chi connectivity index (χ3n) is 2.71. The lowest BCUT2D eigenvalue weighted by Crippen LogP contribution is -2.42. The number of carbonyl (C=O) groups is 1. The van der Waals surface area contributed by atoms with Crippen molar-refractivity contribution in [2.45, 2.75) is 44.8 Å². The van der Waals surface area contributed by atoms with E-state index in [0.29, 0.717) is 13.1 Å². The van der Waals surface area contributed by atoms with Crippen LogP contribution < -0.4 is 0 Å². The molecule has 0 heterocycles. The Bertz CT molecular complexity index is 333. The largest absolute Gasteiger partial charge is 0.480 e. The van der Waals surface area contributed by atoms with Gasteiger partial charge in [-0.2, -0.15) is 8.42 Å². The third kappa shape index (κ3) is 6.93. The summed E-state index contributed by atoms with van der Waals surface area (Å²) in [5.74, 6) is -1.50. The normalized spacial score (nSPS) is 13.8. The molecule has 0 aliphatic rings. The van der Waals surface area contributed by atoms with Crippen LogP contribution in [0, 0.1) is 0 Å². The van der Waals surface area contributed by atoms with Gasteiger partial charge in [-0.25, -0.2) is 0 Å². The number of nitrogens with zero attached hydrogens (tertiary/aromatic N) is 1. The minimum atomic E-state index is -4.55. The first-order chi connectivity index (χ1) is 8.32. The Labute approximate surface area is 109 Å². The Balaban J connectivity index is 4.63. The number of carboxylic acids is 1. The molecule has 108 valence electrons. The number of hydrogen-bond donors (Lipinski definition) is 2. The maximum absolute atomic E-state index is 11.0. The first-order valence-electron chi connectivity index (χ1n) is 6.24. The minimum Gasteiger partial charge on any atom is -0.480 e. The molecule has 7 heteroatoms. The van der Waals surface area contributed by atoms with Crippen molar-refractivity contribution in [1.82, 2.24) is 4.90 Å². The van der Waals surface area contributed by atoms with Crippen LogP contribution in [-0.4, -0.2) is 53.8 Å². The molecule has 0 aliphatic heterocycles. The van der Waals surface area contributed by atoms with Crippen molar-refractivity contribution in [1.29, 1.82) is 0 Å². The maximum Gasteiger partial charge on any atom is 0.325 e. The molecular weight excluding hydrogens is 258 g/mol. The van der Waals surface area contributed by atoms with Crippen LogP contribution in [0.4, 0.5) is 0 Å². The van der Waals surface area contributed by atoms with Gasteiger partial charge in [0, 0.05) is 6.54 Å². The van der Waals surface area contributed by atoms with E-state index in [-0.39, 0.29) is 6.54 Å². The molecule has 18 heavy (non-hydrogen) atoms. The highest BCUT2D eigenvalue weighted by Crippen LogP contribution is 2.06. The summed E-state index contributed by atoms with van der Waals surface area (Å²) in [6, 6.07) is 0. The molecule has 0 spiro atoms. The van der Waals surface area contributed by atoms with Crippen LogP contribution in [0.15, 0.2) is 0 Å². The lowest BCUT2D eigenvalue weighted by molar-refractivity contribution is -0.137. The monoisotopic (exact) mass is 281 g/mol. The van der Waals surface area contributed by atoms with E-state index >= 15 is 0 Å². The number of unbranched alkanes of at least 4 members (excludes halogenated alkanes) is 2. The van der Waals surface area contributed by atoms with Gasteiger partial charge in [-0.05, 0) is 25.9 Å². The topological polar surface area (TPSA) is 94.9 Å². The number of aliphatic carboxylic acids is 1. The van der Waals surface area contributed by atoms with Gasteiger partial charge in [0.2, 0.25) is 0 Å². The molecule has 0 saturated heterocycles. The molecule has 1 atom stereocenters. The molecule has 0 bridgehead atoms. The van der Waals surface area contributed by atoms with Crippen molar-refractivity contribution in [2.24, 2.45) is 0 Å². The molecule has 0 saturated carbocycles. The van der Waals surface area contributed by atoms with Crippen molar-refractivity contribution >= 4 is 16.1 Å². The van der Waals surface area contributed by atoms with Crippen LogP contribution in [0.3, 0.4) is 0 Å². The summed E-state index contributed by atoms with van der Waals surface area (Å²) in [4.78, 5) is 12.7. The van der Waals surface area contributed by atoms with Crippen molar-refractivity contribution in [2.75, 3.05) is 19.6 Å². The Morgan fingerprint density at radius 3 is 1.89 bits per heavy atom. The van der Waals surface area contributed by atoms with Crippen LogP contribution in [0.25, 0.3) is 0 Å². The van der Waals surface area contributed by atoms with Crippen molar-refractivity contribution in [3.05, 3.63) is 0 Å². The van der Waals surface area contributed by atoms with E-state index in [9.17, 15) is 13.2 Å². The first-order valence-corrected chi connectivity index (χ1v) is 7.74. The maximum atomic E-state index is 11.0. The highest BCUT2D eigenvalue weighted by molar-refractivity contribution is 7.87. The fraction of sp³-hybridized carbons (Fsp3) is 0.909. The summed E-state index contributed by atoms with van der Waals surface area (Å²) in [6.07, 6.45) is 3.65. The van der Waals surface area contributed by atoms with Gasteiger partial charge < -0.3 is 10.0 Å². The highest BCUT2D eigenvalue weighted by Gasteiger charge is 2.32. The zero-order valence-corrected chi connectivity index (χ0v) is 11.8. The molecule has 0 amide bonds. The molecular formula is C11H23NO5S. The molecule has 0 fully saturated rings. The average molecular weight is 281 g/mol. The molecule has 0 aliphatic carbocycles. The second-order valence-corrected chi connectivity index (χ2v) is 5.95. The van der Waals surface area contributed by atoms with Crippen LogP contribution in [0.2, 0.25) is 0 Å². The zero-order valence-electron chi connectivity index (χ0n) is 11.0. The summed E-state index contributed by atoms with van der Waals surface area (Å²) in [5, 5.41) is 7.08. The van der Waals surface area contributed by atoms with E-state index < -0.39 is 21.3 Å². The van der Waals surface area contributed by atoms with Gasteiger partial charge in [-0.1, -0.05) is 26.7 Å². The lowest BCUT2D eigenvalue weighted by atomic mass is 10.2. The SMILES string of the molecule is CCCCN(CCCC)CC(C(=O)O)S(=O)(=O)O. The molecule has 0 aromatic carbocycles. The summed E-state index contributed by atoms with van der Waals surface area (Å²) < 4.78 is 30.9. The predicted octanol–water partition coefficient (Wildman–Crippen LogP) is 1.23. The third-order valence-corrected chi connectivity index (χ3v) is 3.78. The van der Waals surface area contributed by atoms with Crippen molar-refractivity contribution in [3.8, 4) is 0 Å². The summed E-state index contributed by atoms with van der Waals surface area (Å²) >= 11 is 0. The molecule has 2 N–H and O–H groups in total. The Hall–Kier alpha value is -0.660. The predicted molar refractivity (Wildman–Crippen MR) is 69.2 cm³/mol. The van der Waals surface area contributed by atoms with Gasteiger partial charge >= 0.3 is 5.97 Å². The summed E-state index contributed by atoms with van der Waals surface area (Å²) in [6.45, 7) is 5.16. The van der Waals surface area contributed by atoms with E-state index in [1.165, 1.54) is 0 Å². The zero-order chi connectivity index (χ0) is 14.2. The van der Waals surface area contributed by atoms with Gasteiger partial charge in [-0.15, -0.1) is 0 Å². The molecule has 0 rings (SSSR count). The lowest BCUT2D eigenvalue weighted by Gasteiger charge is -2.24. The van der Waals surface area contributed by atoms with E-state index in [0.717, 1.165) is 25.7 Å². The number of rotatable bonds is 10. The fourth-order valence-corrected chi connectivity index (χ4v) is 2.25. The standard InChI is InChI=1S/C11H23NO5S/c1-3-5-7-12(8-6-4-2)9-10(11(13)14)18(15,16)17/h10H,3-9H2,1-2H3,(H,13,14)(H,15,16,17). The Morgan fingerprint density at radius 2 is 1.61 bits per heavy atom. The van der Waals surface area contributed by atoms with Crippen LogP contribution >= 0.6 is 0 Å². The molecule has 1 unspecified atom stereocenters. The molecule has 6 nitrogen and oxygen atoms in total.